The molecule has 1 heterocycles. The number of carbonyl (C=O) groups is 1. The molecule has 162 valence electrons. The number of hydrogen-bond donors (Lipinski definition) is 2. The third kappa shape index (κ3) is 4.18. The molecule has 7 heteroatoms. The van der Waals surface area contributed by atoms with E-state index in [1.54, 1.807) is 4.57 Å². The van der Waals surface area contributed by atoms with E-state index in [-0.39, 0.29) is 18.1 Å². The van der Waals surface area contributed by atoms with E-state index in [0.29, 0.717) is 24.0 Å². The van der Waals surface area contributed by atoms with Crippen molar-refractivity contribution in [2.75, 3.05) is 7.11 Å². The number of ether oxygens (including phenoxy) is 1. The lowest BCUT2D eigenvalue weighted by Crippen LogP contribution is -2.28. The number of aryl methyl sites for hydroxylation is 2. The molecule has 0 spiro atoms. The number of esters is 1. The summed E-state index contributed by atoms with van der Waals surface area (Å²) in [6.45, 7) is 0.389. The van der Waals surface area contributed by atoms with Crippen LogP contribution in [0.25, 0.3) is 22.2 Å². The highest BCUT2D eigenvalue weighted by atomic mass is 16.5. The Morgan fingerprint density at radius 3 is 2.03 bits per heavy atom. The van der Waals surface area contributed by atoms with Crippen LogP contribution in [-0.2, 0) is 29.0 Å². The summed E-state index contributed by atoms with van der Waals surface area (Å²) < 4.78 is 7.89. The molecule has 3 aromatic carbocycles. The number of para-hydroxylation sites is 2. The quantitative estimate of drug-likeness (QED) is 0.268. The summed E-state index contributed by atoms with van der Waals surface area (Å²) in [5.74, 6) is -0.406. The van der Waals surface area contributed by atoms with E-state index in [4.69, 9.17) is 15.9 Å². The van der Waals surface area contributed by atoms with Gasteiger partial charge in [0.2, 0.25) is 0 Å². The molecule has 0 fully saturated rings. The Hall–Kier alpha value is -4.13. The summed E-state index contributed by atoms with van der Waals surface area (Å²) in [7, 11) is 1.31. The van der Waals surface area contributed by atoms with Crippen LogP contribution in [0, 0.1) is 5.41 Å². The lowest BCUT2D eigenvalue weighted by molar-refractivity contribution is -0.141. The maximum Gasteiger partial charge on any atom is 0.329 e. The molecule has 0 bridgehead atoms. The Labute approximate surface area is 185 Å². The van der Waals surface area contributed by atoms with Crippen molar-refractivity contribution in [1.82, 2.24) is 9.13 Å². The minimum atomic E-state index is -0.457. The Bertz CT molecular complexity index is 1330. The number of aromatic nitrogens is 2. The number of hydrogen-bond acceptors (Lipinski definition) is 4. The van der Waals surface area contributed by atoms with Gasteiger partial charge >= 0.3 is 11.7 Å². The number of fused-ring (bicyclic) bond motifs is 1. The van der Waals surface area contributed by atoms with Crippen molar-refractivity contribution in [3.05, 3.63) is 94.4 Å². The zero-order valence-corrected chi connectivity index (χ0v) is 17.7. The number of nitrogens with zero attached hydrogens (tertiary/aromatic N) is 2. The smallest absolute Gasteiger partial charge is 0.329 e. The van der Waals surface area contributed by atoms with Gasteiger partial charge in [-0.2, -0.15) is 0 Å². The van der Waals surface area contributed by atoms with E-state index in [1.165, 1.54) is 11.7 Å². The van der Waals surface area contributed by atoms with E-state index in [9.17, 15) is 9.59 Å². The van der Waals surface area contributed by atoms with Gasteiger partial charge in [-0.15, -0.1) is 0 Å². The molecule has 0 aliphatic heterocycles. The molecule has 0 amide bonds. The van der Waals surface area contributed by atoms with E-state index in [1.807, 2.05) is 72.8 Å². The van der Waals surface area contributed by atoms with Gasteiger partial charge in [-0.1, -0.05) is 60.7 Å². The molecular weight excluding hydrogens is 404 g/mol. The summed E-state index contributed by atoms with van der Waals surface area (Å²) in [5.41, 5.74) is 10.7. The number of nitrogens with two attached hydrogens (primary N) is 1. The third-order valence-corrected chi connectivity index (χ3v) is 5.55. The van der Waals surface area contributed by atoms with Crippen LogP contribution >= 0.6 is 0 Å². The minimum absolute atomic E-state index is 0.0510. The molecule has 0 atom stereocenters. The van der Waals surface area contributed by atoms with Crippen LogP contribution in [0.1, 0.15) is 11.1 Å². The summed E-state index contributed by atoms with van der Waals surface area (Å²) in [5, 5.41) is 7.49. The Morgan fingerprint density at radius 2 is 1.47 bits per heavy atom. The second-order valence-corrected chi connectivity index (χ2v) is 7.52. The second kappa shape index (κ2) is 8.93. The summed E-state index contributed by atoms with van der Waals surface area (Å²) >= 11 is 0. The van der Waals surface area contributed by atoms with Crippen LogP contribution < -0.4 is 11.4 Å². The fourth-order valence-electron chi connectivity index (χ4n) is 3.78. The highest BCUT2D eigenvalue weighted by Gasteiger charge is 2.15. The highest BCUT2D eigenvalue weighted by molar-refractivity contribution is 5.95. The first kappa shape index (κ1) is 21.1. The number of rotatable bonds is 7. The van der Waals surface area contributed by atoms with Crippen molar-refractivity contribution in [2.24, 2.45) is 5.73 Å². The fraction of sp³-hybridized carbons (Fsp3) is 0.160. The number of nitrogen functional groups attached to an aromatic ring is 1. The first-order valence-corrected chi connectivity index (χ1v) is 10.3. The zero-order valence-electron chi connectivity index (χ0n) is 17.7. The van der Waals surface area contributed by atoms with Gasteiger partial charge < -0.3 is 10.5 Å². The Morgan fingerprint density at radius 1 is 0.906 bits per heavy atom. The van der Waals surface area contributed by atoms with Gasteiger partial charge in [-0.3, -0.25) is 19.3 Å². The van der Waals surface area contributed by atoms with Gasteiger partial charge in [0.05, 0.1) is 18.1 Å². The third-order valence-electron chi connectivity index (χ3n) is 5.55. The highest BCUT2D eigenvalue weighted by Crippen LogP contribution is 2.21. The van der Waals surface area contributed by atoms with Crippen LogP contribution in [-0.4, -0.2) is 28.0 Å². The molecule has 0 aliphatic carbocycles. The number of benzene rings is 3. The van der Waals surface area contributed by atoms with Crippen LogP contribution in [0.5, 0.6) is 0 Å². The van der Waals surface area contributed by atoms with Crippen molar-refractivity contribution >= 4 is 22.8 Å². The van der Waals surface area contributed by atoms with E-state index in [2.05, 4.69) is 0 Å². The number of methoxy groups -OCH3 is 1. The lowest BCUT2D eigenvalue weighted by Gasteiger charge is -2.07. The maximum atomic E-state index is 13.0. The van der Waals surface area contributed by atoms with E-state index in [0.717, 1.165) is 22.2 Å². The van der Waals surface area contributed by atoms with Crippen LogP contribution in [0.15, 0.2) is 77.6 Å². The first-order chi connectivity index (χ1) is 15.5. The first-order valence-electron chi connectivity index (χ1n) is 10.3. The molecule has 4 rings (SSSR count). The Balaban J connectivity index is 1.54. The van der Waals surface area contributed by atoms with Crippen molar-refractivity contribution in [3.8, 4) is 11.1 Å². The molecular formula is C25H24N4O3. The normalized spacial score (nSPS) is 10.9. The summed E-state index contributed by atoms with van der Waals surface area (Å²) in [4.78, 5) is 24.7. The monoisotopic (exact) mass is 428 g/mol. The van der Waals surface area contributed by atoms with Gasteiger partial charge in [-0.25, -0.2) is 4.79 Å². The molecule has 0 aliphatic rings. The van der Waals surface area contributed by atoms with Crippen LogP contribution in [0.3, 0.4) is 0 Å². The van der Waals surface area contributed by atoms with Gasteiger partial charge in [0.15, 0.2) is 0 Å². The Kier molecular flexibility index (Phi) is 5.89. The second-order valence-electron chi connectivity index (χ2n) is 7.52. The molecule has 0 saturated heterocycles. The van der Waals surface area contributed by atoms with Crippen molar-refractivity contribution in [2.45, 2.75) is 19.5 Å². The van der Waals surface area contributed by atoms with Crippen molar-refractivity contribution < 1.29 is 9.53 Å². The average Bonchev–Trinajstić information content (AvgIpc) is 3.08. The molecule has 3 N–H and O–H groups in total. The number of carbonyl (C=O) groups excluding carboxylic acids is 1. The lowest BCUT2D eigenvalue weighted by atomic mass is 10.0. The molecule has 0 radical (unpaired) electrons. The number of nitrogens with one attached hydrogen (secondary N) is 1. The van der Waals surface area contributed by atoms with Crippen LogP contribution in [0.2, 0.25) is 0 Å². The molecule has 0 saturated carbocycles. The van der Waals surface area contributed by atoms with Crippen molar-refractivity contribution in [1.29, 1.82) is 5.41 Å². The molecule has 7 nitrogen and oxygen atoms in total. The SMILES string of the molecule is COC(=O)Cn1c(=O)n(CCc2ccc(-c3ccc(C(=N)N)cc3)cc2)c2ccccc21. The van der Waals surface area contributed by atoms with Gasteiger partial charge in [-0.05, 0) is 35.2 Å². The van der Waals surface area contributed by atoms with Gasteiger partial charge in [0, 0.05) is 12.1 Å². The topological polar surface area (TPSA) is 103 Å². The predicted molar refractivity (Wildman–Crippen MR) is 125 cm³/mol. The van der Waals surface area contributed by atoms with Crippen molar-refractivity contribution in [3.63, 3.8) is 0 Å². The number of amidine groups is 1. The number of imidazole rings is 1. The van der Waals surface area contributed by atoms with Gasteiger partial charge in [0.25, 0.3) is 0 Å². The standard InChI is InChI=1S/C25H24N4O3/c1-32-23(30)16-29-22-5-3-2-4-21(22)28(25(29)31)15-14-17-6-8-18(9-7-17)19-10-12-20(13-11-19)24(26)27/h2-13H,14-16H2,1H3,(H3,26,27). The minimum Gasteiger partial charge on any atom is -0.468 e. The summed E-state index contributed by atoms with van der Waals surface area (Å²) in [6, 6.07) is 23.2. The fourth-order valence-corrected chi connectivity index (χ4v) is 3.78. The molecule has 4 aromatic rings. The maximum absolute atomic E-state index is 13.0. The average molecular weight is 428 g/mol. The molecule has 1 aromatic heterocycles. The molecule has 0 unspecified atom stereocenters. The van der Waals surface area contributed by atoms with E-state index < -0.39 is 5.97 Å². The predicted octanol–water partition coefficient (Wildman–Crippen LogP) is 3.17. The van der Waals surface area contributed by atoms with E-state index >= 15 is 0 Å². The summed E-state index contributed by atoms with van der Waals surface area (Å²) in [6.07, 6.45) is 0.676. The molecule has 32 heavy (non-hydrogen) atoms. The van der Waals surface area contributed by atoms with Gasteiger partial charge in [0.1, 0.15) is 12.4 Å². The zero-order chi connectivity index (χ0) is 22.7. The van der Waals surface area contributed by atoms with Crippen LogP contribution in [0.4, 0.5) is 0 Å². The largest absolute Gasteiger partial charge is 0.468 e.